The van der Waals surface area contributed by atoms with Gasteiger partial charge in [-0.3, -0.25) is 24.3 Å². The van der Waals surface area contributed by atoms with Crippen LogP contribution >= 0.6 is 0 Å². The number of aromatic nitrogens is 4. The molecule has 2 aromatic heterocycles. The number of hydrogen-bond acceptors (Lipinski definition) is 7. The number of ether oxygens (including phenoxy) is 1. The Morgan fingerprint density at radius 3 is 2.50 bits per heavy atom. The average Bonchev–Trinajstić information content (AvgIpc) is 3.25. The molecule has 0 unspecified atom stereocenters. The monoisotopic (exact) mass is 462 g/mol. The molecule has 0 saturated carbocycles. The molecule has 0 fully saturated rings. The molecular formula is C23H22N6O5. The van der Waals surface area contributed by atoms with Crippen LogP contribution in [-0.4, -0.2) is 43.8 Å². The predicted molar refractivity (Wildman–Crippen MR) is 124 cm³/mol. The van der Waals surface area contributed by atoms with Crippen molar-refractivity contribution in [2.45, 2.75) is 19.5 Å². The lowest BCUT2D eigenvalue weighted by molar-refractivity contribution is -0.384. The molecule has 0 radical (unpaired) electrons. The zero-order valence-electron chi connectivity index (χ0n) is 18.4. The minimum absolute atomic E-state index is 0.0120. The summed E-state index contributed by atoms with van der Waals surface area (Å²) in [6.45, 7) is 0.919. The van der Waals surface area contributed by atoms with Crippen LogP contribution in [-0.2, 0) is 24.3 Å². The van der Waals surface area contributed by atoms with Gasteiger partial charge in [0.1, 0.15) is 17.5 Å². The first-order chi connectivity index (χ1) is 16.4. The summed E-state index contributed by atoms with van der Waals surface area (Å²) in [5, 5.41) is 18.2. The largest absolute Gasteiger partial charge is 0.497 e. The van der Waals surface area contributed by atoms with Gasteiger partial charge < -0.3 is 10.1 Å². The van der Waals surface area contributed by atoms with E-state index in [0.717, 1.165) is 16.9 Å². The van der Waals surface area contributed by atoms with Gasteiger partial charge in [0.25, 0.3) is 11.2 Å². The van der Waals surface area contributed by atoms with E-state index >= 15 is 0 Å². The number of benzene rings is 2. The maximum Gasteiger partial charge on any atom is 0.269 e. The van der Waals surface area contributed by atoms with Crippen molar-refractivity contribution in [1.82, 2.24) is 24.6 Å². The highest BCUT2D eigenvalue weighted by atomic mass is 16.6. The van der Waals surface area contributed by atoms with E-state index in [2.05, 4.69) is 15.4 Å². The fraction of sp³-hybridized carbons (Fsp3) is 0.217. The summed E-state index contributed by atoms with van der Waals surface area (Å²) in [5.41, 5.74) is 1.76. The van der Waals surface area contributed by atoms with Crippen LogP contribution in [0, 0.1) is 10.1 Å². The van der Waals surface area contributed by atoms with Gasteiger partial charge in [0.05, 0.1) is 37.7 Å². The highest BCUT2D eigenvalue weighted by molar-refractivity contribution is 5.78. The minimum atomic E-state index is -0.473. The molecule has 34 heavy (non-hydrogen) atoms. The van der Waals surface area contributed by atoms with Crippen LogP contribution in [0.2, 0.25) is 0 Å². The molecule has 4 rings (SSSR count). The standard InChI is InChI=1S/C23H22N6O5/c1-34-19-8-4-16(5-9-19)12-21(30)24-10-11-28-22-20(13-26-28)23(31)27(15-25-22)14-17-2-6-18(7-3-17)29(32)33/h2-9,13,15H,10-12,14H2,1H3,(H,24,30). The van der Waals surface area contributed by atoms with Crippen molar-refractivity contribution >= 4 is 22.6 Å². The number of carbonyl (C=O) groups is 1. The van der Waals surface area contributed by atoms with Crippen LogP contribution in [0.1, 0.15) is 11.1 Å². The quantitative estimate of drug-likeness (QED) is 0.297. The van der Waals surface area contributed by atoms with E-state index in [0.29, 0.717) is 24.1 Å². The third-order valence-electron chi connectivity index (χ3n) is 5.29. The summed E-state index contributed by atoms with van der Waals surface area (Å²) in [7, 11) is 1.59. The maximum absolute atomic E-state index is 12.8. The molecule has 11 nitrogen and oxygen atoms in total. The second kappa shape index (κ2) is 9.94. The lowest BCUT2D eigenvalue weighted by Crippen LogP contribution is -2.29. The van der Waals surface area contributed by atoms with E-state index in [1.807, 2.05) is 12.1 Å². The van der Waals surface area contributed by atoms with Gasteiger partial charge in [-0.2, -0.15) is 5.10 Å². The van der Waals surface area contributed by atoms with Gasteiger partial charge in [-0.1, -0.05) is 24.3 Å². The van der Waals surface area contributed by atoms with E-state index in [1.165, 1.54) is 29.2 Å². The first-order valence-corrected chi connectivity index (χ1v) is 10.5. The molecule has 0 bridgehead atoms. The summed E-state index contributed by atoms with van der Waals surface area (Å²) in [5.74, 6) is 0.606. The molecule has 174 valence electrons. The minimum Gasteiger partial charge on any atom is -0.497 e. The molecule has 0 atom stereocenters. The number of methoxy groups -OCH3 is 1. The van der Waals surface area contributed by atoms with Crippen molar-refractivity contribution in [3.63, 3.8) is 0 Å². The van der Waals surface area contributed by atoms with Crippen molar-refractivity contribution in [3.8, 4) is 5.75 Å². The Bertz CT molecular complexity index is 1380. The molecule has 0 spiro atoms. The first-order valence-electron chi connectivity index (χ1n) is 10.5. The molecule has 0 aliphatic rings. The Morgan fingerprint density at radius 1 is 1.12 bits per heavy atom. The predicted octanol–water partition coefficient (Wildman–Crippen LogP) is 1.92. The fourth-order valence-electron chi connectivity index (χ4n) is 3.49. The molecule has 0 aliphatic heterocycles. The van der Waals surface area contributed by atoms with Gasteiger partial charge in [0.15, 0.2) is 5.65 Å². The second-order valence-electron chi connectivity index (χ2n) is 7.58. The fourth-order valence-corrected chi connectivity index (χ4v) is 3.49. The van der Waals surface area contributed by atoms with Gasteiger partial charge in [0.2, 0.25) is 5.91 Å². The summed E-state index contributed by atoms with van der Waals surface area (Å²) < 4.78 is 8.10. The molecule has 2 heterocycles. The van der Waals surface area contributed by atoms with Gasteiger partial charge in [-0.25, -0.2) is 9.67 Å². The molecule has 4 aromatic rings. The van der Waals surface area contributed by atoms with E-state index in [-0.39, 0.29) is 30.1 Å². The topological polar surface area (TPSA) is 134 Å². The zero-order valence-corrected chi connectivity index (χ0v) is 18.4. The number of nitrogens with zero attached hydrogens (tertiary/aromatic N) is 5. The molecule has 0 aliphatic carbocycles. The van der Waals surface area contributed by atoms with Crippen molar-refractivity contribution in [2.24, 2.45) is 0 Å². The maximum atomic E-state index is 12.8. The van der Waals surface area contributed by atoms with Crippen LogP contribution in [0.3, 0.4) is 0 Å². The number of nitro groups is 1. The number of nitrogens with one attached hydrogen (secondary N) is 1. The Morgan fingerprint density at radius 2 is 1.82 bits per heavy atom. The van der Waals surface area contributed by atoms with Crippen LogP contribution in [0.5, 0.6) is 5.75 Å². The third-order valence-corrected chi connectivity index (χ3v) is 5.29. The lowest BCUT2D eigenvalue weighted by atomic mass is 10.1. The van der Waals surface area contributed by atoms with Gasteiger partial charge in [-0.05, 0) is 23.3 Å². The Hall–Kier alpha value is -4.54. The average molecular weight is 462 g/mol. The van der Waals surface area contributed by atoms with Crippen molar-refractivity contribution in [1.29, 1.82) is 0 Å². The van der Waals surface area contributed by atoms with Crippen molar-refractivity contribution in [2.75, 3.05) is 13.7 Å². The Labute approximate surface area is 193 Å². The number of fused-ring (bicyclic) bond motifs is 1. The number of carbonyl (C=O) groups excluding carboxylic acids is 1. The summed E-state index contributed by atoms with van der Waals surface area (Å²) in [4.78, 5) is 39.7. The molecular weight excluding hydrogens is 440 g/mol. The third kappa shape index (κ3) is 5.09. The van der Waals surface area contributed by atoms with Gasteiger partial charge in [0, 0.05) is 18.7 Å². The van der Waals surface area contributed by atoms with Crippen molar-refractivity contribution in [3.05, 3.63) is 92.7 Å². The number of amides is 1. The molecule has 11 heteroatoms. The number of nitro benzene ring substituents is 1. The van der Waals surface area contributed by atoms with E-state index < -0.39 is 4.92 Å². The van der Waals surface area contributed by atoms with E-state index in [1.54, 1.807) is 36.1 Å². The molecule has 2 aromatic carbocycles. The number of rotatable bonds is 9. The first kappa shape index (κ1) is 22.6. The summed E-state index contributed by atoms with van der Waals surface area (Å²) in [6.07, 6.45) is 3.12. The highest BCUT2D eigenvalue weighted by Gasteiger charge is 2.12. The highest BCUT2D eigenvalue weighted by Crippen LogP contribution is 2.13. The van der Waals surface area contributed by atoms with Gasteiger partial charge >= 0.3 is 0 Å². The molecule has 1 amide bonds. The van der Waals surface area contributed by atoms with Crippen LogP contribution in [0.15, 0.2) is 65.8 Å². The Balaban J connectivity index is 1.37. The van der Waals surface area contributed by atoms with Crippen LogP contribution < -0.4 is 15.6 Å². The van der Waals surface area contributed by atoms with Gasteiger partial charge in [-0.15, -0.1) is 0 Å². The van der Waals surface area contributed by atoms with E-state index in [4.69, 9.17) is 4.74 Å². The lowest BCUT2D eigenvalue weighted by Gasteiger charge is -2.08. The van der Waals surface area contributed by atoms with Crippen LogP contribution in [0.25, 0.3) is 11.0 Å². The molecule has 1 N–H and O–H groups in total. The van der Waals surface area contributed by atoms with E-state index in [9.17, 15) is 19.7 Å². The second-order valence-corrected chi connectivity index (χ2v) is 7.58. The number of hydrogen-bond donors (Lipinski definition) is 1. The number of non-ortho nitro benzene ring substituents is 1. The van der Waals surface area contributed by atoms with Crippen molar-refractivity contribution < 1.29 is 14.5 Å². The smallest absolute Gasteiger partial charge is 0.269 e. The zero-order chi connectivity index (χ0) is 24.1. The SMILES string of the molecule is COc1ccc(CC(=O)NCCn2ncc3c(=O)n(Cc4ccc([N+](=O)[O-])cc4)cnc32)cc1. The normalized spacial score (nSPS) is 10.9. The van der Waals surface area contributed by atoms with Crippen LogP contribution in [0.4, 0.5) is 5.69 Å². The summed E-state index contributed by atoms with van der Waals surface area (Å²) >= 11 is 0. The summed E-state index contributed by atoms with van der Waals surface area (Å²) in [6, 6.07) is 13.3. The molecule has 0 saturated heterocycles. The Kier molecular flexibility index (Phi) is 6.62.